The minimum atomic E-state index is -3.97. The molecule has 0 saturated carbocycles. The summed E-state index contributed by atoms with van der Waals surface area (Å²) in [5.74, 6) is 0.0606. The number of benzene rings is 2. The molecule has 2 rings (SSSR count). The van der Waals surface area contributed by atoms with Crippen LogP contribution in [-0.4, -0.2) is 45.9 Å². The van der Waals surface area contributed by atoms with Gasteiger partial charge in [0.1, 0.15) is 10.6 Å². The van der Waals surface area contributed by atoms with Crippen molar-refractivity contribution in [1.29, 1.82) is 0 Å². The number of methoxy groups -OCH3 is 1. The fraction of sp³-hybridized carbons (Fsp3) is 0.294. The zero-order valence-corrected chi connectivity index (χ0v) is 15.9. The molecule has 0 aliphatic rings. The van der Waals surface area contributed by atoms with Gasteiger partial charge >= 0.3 is 0 Å². The third-order valence-electron chi connectivity index (χ3n) is 3.90. The van der Waals surface area contributed by atoms with Gasteiger partial charge in [-0.3, -0.25) is 10.1 Å². The van der Waals surface area contributed by atoms with Crippen LogP contribution in [0.1, 0.15) is 5.56 Å². The molecule has 0 heterocycles. The van der Waals surface area contributed by atoms with Crippen LogP contribution in [0.5, 0.6) is 5.75 Å². The molecule has 0 aliphatic carbocycles. The summed E-state index contributed by atoms with van der Waals surface area (Å²) in [5, 5.41) is 11.0. The molecular formula is C17H21N3O5S. The highest BCUT2D eigenvalue weighted by Crippen LogP contribution is 2.30. The van der Waals surface area contributed by atoms with Gasteiger partial charge in [0, 0.05) is 45.5 Å². The molecule has 9 heteroatoms. The summed E-state index contributed by atoms with van der Waals surface area (Å²) in [6.45, 7) is 0.127. The Morgan fingerprint density at radius 1 is 1.08 bits per heavy atom. The lowest BCUT2D eigenvalue weighted by Gasteiger charge is -2.19. The number of non-ortho nitro benzene ring substituents is 1. The first-order chi connectivity index (χ1) is 12.2. The maximum Gasteiger partial charge on any atom is 0.271 e. The molecule has 0 aliphatic heterocycles. The molecule has 8 nitrogen and oxygen atoms in total. The summed E-state index contributed by atoms with van der Waals surface area (Å²) < 4.78 is 32.0. The highest BCUT2D eigenvalue weighted by molar-refractivity contribution is 7.89. The predicted octanol–water partition coefficient (Wildman–Crippen LogP) is 2.49. The van der Waals surface area contributed by atoms with Crippen LogP contribution < -0.4 is 9.64 Å². The summed E-state index contributed by atoms with van der Waals surface area (Å²) in [5.41, 5.74) is 1.48. The topological polar surface area (TPSA) is 93.0 Å². The van der Waals surface area contributed by atoms with Crippen molar-refractivity contribution in [2.45, 2.75) is 11.4 Å². The molecule has 0 aromatic heterocycles. The first kappa shape index (κ1) is 19.7. The summed E-state index contributed by atoms with van der Waals surface area (Å²) in [6.07, 6.45) is 0. The Morgan fingerprint density at radius 3 is 2.19 bits per heavy atom. The largest absolute Gasteiger partial charge is 0.495 e. The van der Waals surface area contributed by atoms with Crippen molar-refractivity contribution in [3.63, 3.8) is 0 Å². The van der Waals surface area contributed by atoms with E-state index < -0.39 is 14.9 Å². The Hall–Kier alpha value is -2.65. The first-order valence-electron chi connectivity index (χ1n) is 7.72. The molecule has 0 saturated heterocycles. The fourth-order valence-electron chi connectivity index (χ4n) is 2.39. The van der Waals surface area contributed by atoms with Gasteiger partial charge < -0.3 is 9.64 Å². The summed E-state index contributed by atoms with van der Waals surface area (Å²) >= 11 is 0. The normalized spacial score (nSPS) is 11.4. The van der Waals surface area contributed by atoms with Crippen LogP contribution in [0.3, 0.4) is 0 Å². The monoisotopic (exact) mass is 379 g/mol. The predicted molar refractivity (Wildman–Crippen MR) is 99.1 cm³/mol. The minimum Gasteiger partial charge on any atom is -0.495 e. The van der Waals surface area contributed by atoms with Gasteiger partial charge in [0.2, 0.25) is 10.0 Å². The van der Waals surface area contributed by atoms with Gasteiger partial charge in [-0.2, -0.15) is 4.31 Å². The Bertz CT molecular complexity index is 895. The Morgan fingerprint density at radius 2 is 1.69 bits per heavy atom. The van der Waals surface area contributed by atoms with Crippen LogP contribution in [0, 0.1) is 10.1 Å². The van der Waals surface area contributed by atoms with E-state index in [2.05, 4.69) is 0 Å². The van der Waals surface area contributed by atoms with E-state index in [-0.39, 0.29) is 22.9 Å². The first-order valence-corrected chi connectivity index (χ1v) is 9.16. The molecule has 0 unspecified atom stereocenters. The molecule has 26 heavy (non-hydrogen) atoms. The second-order valence-corrected chi connectivity index (χ2v) is 7.93. The average molecular weight is 379 g/mol. The van der Waals surface area contributed by atoms with E-state index in [0.717, 1.165) is 21.6 Å². The number of sulfonamides is 1. The van der Waals surface area contributed by atoms with Crippen molar-refractivity contribution in [2.75, 3.05) is 33.2 Å². The molecule has 140 valence electrons. The standard InChI is InChI=1S/C17H21N3O5S/c1-18(2)14-7-5-13(6-8-14)12-19(3)26(23,24)17-11-15(20(21)22)9-10-16(17)25-4/h5-11H,12H2,1-4H3. The lowest BCUT2D eigenvalue weighted by Crippen LogP contribution is -2.27. The molecule has 0 atom stereocenters. The Kier molecular flexibility index (Phi) is 5.83. The van der Waals surface area contributed by atoms with Crippen LogP contribution in [-0.2, 0) is 16.6 Å². The van der Waals surface area contributed by atoms with Crippen LogP contribution in [0.15, 0.2) is 47.4 Å². The second kappa shape index (κ2) is 7.71. The molecule has 0 spiro atoms. The van der Waals surface area contributed by atoms with Gasteiger partial charge in [0.05, 0.1) is 12.0 Å². The van der Waals surface area contributed by atoms with Crippen molar-refractivity contribution in [2.24, 2.45) is 0 Å². The number of anilines is 1. The Balaban J connectivity index is 2.34. The van der Waals surface area contributed by atoms with Gasteiger partial charge in [0.25, 0.3) is 5.69 Å². The van der Waals surface area contributed by atoms with E-state index in [9.17, 15) is 18.5 Å². The van der Waals surface area contributed by atoms with Crippen molar-refractivity contribution >= 4 is 21.4 Å². The molecule has 0 N–H and O–H groups in total. The van der Waals surface area contributed by atoms with Gasteiger partial charge in [-0.05, 0) is 23.8 Å². The van der Waals surface area contributed by atoms with Gasteiger partial charge in [-0.1, -0.05) is 12.1 Å². The molecule has 2 aromatic rings. The smallest absolute Gasteiger partial charge is 0.271 e. The molecular weight excluding hydrogens is 358 g/mol. The quantitative estimate of drug-likeness (QED) is 0.542. The van der Waals surface area contributed by atoms with E-state index >= 15 is 0 Å². The Labute approximate surface area is 152 Å². The van der Waals surface area contributed by atoms with Crippen molar-refractivity contribution in [3.05, 3.63) is 58.1 Å². The average Bonchev–Trinajstić information content (AvgIpc) is 2.61. The maximum absolute atomic E-state index is 12.9. The number of hydrogen-bond donors (Lipinski definition) is 0. The maximum atomic E-state index is 12.9. The highest BCUT2D eigenvalue weighted by atomic mass is 32.2. The van der Waals surface area contributed by atoms with Crippen molar-refractivity contribution < 1.29 is 18.1 Å². The summed E-state index contributed by atoms with van der Waals surface area (Å²) in [4.78, 5) is 12.0. The summed E-state index contributed by atoms with van der Waals surface area (Å²) in [6, 6.07) is 11.0. The molecule has 0 fully saturated rings. The summed E-state index contributed by atoms with van der Waals surface area (Å²) in [7, 11) is 2.61. The van der Waals surface area contributed by atoms with Gasteiger partial charge in [-0.25, -0.2) is 8.42 Å². The zero-order valence-electron chi connectivity index (χ0n) is 15.0. The molecule has 0 bridgehead atoms. The number of nitro benzene ring substituents is 1. The third-order valence-corrected chi connectivity index (χ3v) is 5.73. The fourth-order valence-corrected chi connectivity index (χ4v) is 3.72. The van der Waals surface area contributed by atoms with E-state index in [1.54, 1.807) is 0 Å². The van der Waals surface area contributed by atoms with Crippen molar-refractivity contribution in [1.82, 2.24) is 4.31 Å². The van der Waals surface area contributed by atoms with Crippen molar-refractivity contribution in [3.8, 4) is 5.75 Å². The molecule has 0 amide bonds. The SMILES string of the molecule is COc1ccc([N+](=O)[O-])cc1S(=O)(=O)N(C)Cc1ccc(N(C)C)cc1. The lowest BCUT2D eigenvalue weighted by atomic mass is 10.2. The number of ether oxygens (including phenoxy) is 1. The van der Waals surface area contributed by atoms with E-state index in [1.807, 2.05) is 43.3 Å². The third kappa shape index (κ3) is 4.12. The van der Waals surface area contributed by atoms with Crippen LogP contribution in [0.2, 0.25) is 0 Å². The van der Waals surface area contributed by atoms with Crippen LogP contribution in [0.4, 0.5) is 11.4 Å². The van der Waals surface area contributed by atoms with Crippen LogP contribution >= 0.6 is 0 Å². The van der Waals surface area contributed by atoms with E-state index in [4.69, 9.17) is 4.74 Å². The minimum absolute atomic E-state index is 0.0606. The van der Waals surface area contributed by atoms with E-state index in [0.29, 0.717) is 0 Å². The lowest BCUT2D eigenvalue weighted by molar-refractivity contribution is -0.385. The number of nitro groups is 1. The number of hydrogen-bond acceptors (Lipinski definition) is 6. The molecule has 2 aromatic carbocycles. The van der Waals surface area contributed by atoms with Crippen LogP contribution in [0.25, 0.3) is 0 Å². The number of nitrogens with zero attached hydrogens (tertiary/aromatic N) is 3. The molecule has 0 radical (unpaired) electrons. The number of rotatable bonds is 7. The zero-order chi connectivity index (χ0) is 19.5. The second-order valence-electron chi connectivity index (χ2n) is 5.91. The van der Waals surface area contributed by atoms with Gasteiger partial charge in [0.15, 0.2) is 0 Å². The van der Waals surface area contributed by atoms with Gasteiger partial charge in [-0.15, -0.1) is 0 Å². The highest BCUT2D eigenvalue weighted by Gasteiger charge is 2.27. The van der Waals surface area contributed by atoms with E-state index in [1.165, 1.54) is 26.3 Å².